The molecule has 8 nitrogen and oxygen atoms in total. The van der Waals surface area contributed by atoms with Gasteiger partial charge in [0.1, 0.15) is 0 Å². The Labute approximate surface area is 197 Å². The summed E-state index contributed by atoms with van der Waals surface area (Å²) in [4.78, 5) is 18.0. The van der Waals surface area contributed by atoms with E-state index in [9.17, 15) is 13.2 Å². The number of methoxy groups -OCH3 is 2. The first-order valence-corrected chi connectivity index (χ1v) is 12.2. The highest BCUT2D eigenvalue weighted by atomic mass is 32.2. The number of benzene rings is 3. The number of fused-ring (bicyclic) bond motifs is 1. The molecule has 0 fully saturated rings. The Balaban J connectivity index is 1.70. The van der Waals surface area contributed by atoms with Gasteiger partial charge in [-0.15, -0.1) is 0 Å². The number of anilines is 2. The summed E-state index contributed by atoms with van der Waals surface area (Å²) < 4.78 is 35.9. The van der Waals surface area contributed by atoms with E-state index in [0.29, 0.717) is 45.0 Å². The number of aromatic nitrogens is 1. The zero-order valence-corrected chi connectivity index (χ0v) is 19.6. The summed E-state index contributed by atoms with van der Waals surface area (Å²) in [6.45, 7) is 0. The Morgan fingerprint density at radius 1 is 0.853 bits per heavy atom. The van der Waals surface area contributed by atoms with Crippen molar-refractivity contribution in [3.8, 4) is 22.8 Å². The Hall–Kier alpha value is -4.11. The number of amides is 1. The molecule has 4 aromatic rings. The molecule has 0 aliphatic rings. The topological polar surface area (TPSA) is 107 Å². The minimum absolute atomic E-state index is 0.316. The number of hydrogen-bond acceptors (Lipinski definition) is 6. The van der Waals surface area contributed by atoms with Crippen LogP contribution in [0, 0.1) is 0 Å². The monoisotopic (exact) mass is 477 g/mol. The summed E-state index contributed by atoms with van der Waals surface area (Å²) >= 11 is 0. The molecule has 1 aromatic heterocycles. The minimum Gasteiger partial charge on any atom is -0.493 e. The summed E-state index contributed by atoms with van der Waals surface area (Å²) in [5.74, 6) is 0.840. The molecule has 1 amide bonds. The van der Waals surface area contributed by atoms with Gasteiger partial charge in [-0.1, -0.05) is 18.2 Å². The second-order valence-electron chi connectivity index (χ2n) is 7.55. The lowest BCUT2D eigenvalue weighted by Crippen LogP contribution is -2.13. The van der Waals surface area contributed by atoms with Gasteiger partial charge >= 0.3 is 0 Å². The van der Waals surface area contributed by atoms with E-state index < -0.39 is 10.0 Å². The molecule has 34 heavy (non-hydrogen) atoms. The number of rotatable bonds is 7. The molecule has 0 atom stereocenters. The van der Waals surface area contributed by atoms with E-state index in [-0.39, 0.29) is 5.91 Å². The van der Waals surface area contributed by atoms with Crippen LogP contribution in [0.2, 0.25) is 0 Å². The molecule has 2 N–H and O–H groups in total. The third kappa shape index (κ3) is 5.10. The highest BCUT2D eigenvalue weighted by Crippen LogP contribution is 2.33. The second-order valence-corrected chi connectivity index (χ2v) is 9.30. The van der Waals surface area contributed by atoms with Crippen molar-refractivity contribution in [2.75, 3.05) is 30.5 Å². The quantitative estimate of drug-likeness (QED) is 0.405. The van der Waals surface area contributed by atoms with Crippen LogP contribution in [0.3, 0.4) is 0 Å². The summed E-state index contributed by atoms with van der Waals surface area (Å²) in [5.41, 5.74) is 3.44. The van der Waals surface area contributed by atoms with Crippen LogP contribution in [0.25, 0.3) is 22.2 Å². The van der Waals surface area contributed by atoms with E-state index >= 15 is 0 Å². The predicted molar refractivity (Wildman–Crippen MR) is 133 cm³/mol. The van der Waals surface area contributed by atoms with Crippen LogP contribution >= 0.6 is 0 Å². The number of sulfonamides is 1. The molecule has 0 saturated carbocycles. The number of carbonyl (C=O) groups excluding carboxylic acids is 1. The third-order valence-electron chi connectivity index (χ3n) is 5.09. The molecule has 0 bridgehead atoms. The zero-order valence-electron chi connectivity index (χ0n) is 18.8. The smallest absolute Gasteiger partial charge is 0.256 e. The summed E-state index contributed by atoms with van der Waals surface area (Å²) in [5, 5.41) is 3.58. The van der Waals surface area contributed by atoms with Crippen LogP contribution in [0.5, 0.6) is 11.5 Å². The van der Waals surface area contributed by atoms with Gasteiger partial charge in [0.25, 0.3) is 5.91 Å². The first-order chi connectivity index (χ1) is 16.3. The SMILES string of the molecule is COc1ccc(-c2cc(C(=O)Nc3ccc(NS(C)(=O)=O)cc3)c3ccccc3n2)cc1OC. The van der Waals surface area contributed by atoms with E-state index in [1.54, 1.807) is 50.6 Å². The molecular formula is C25H23N3O5S. The van der Waals surface area contributed by atoms with E-state index in [4.69, 9.17) is 14.5 Å². The molecule has 0 radical (unpaired) electrons. The Morgan fingerprint density at radius 2 is 1.53 bits per heavy atom. The summed E-state index contributed by atoms with van der Waals surface area (Å²) in [6.07, 6.45) is 1.08. The fourth-order valence-electron chi connectivity index (χ4n) is 3.54. The number of hydrogen-bond donors (Lipinski definition) is 2. The van der Waals surface area contributed by atoms with Gasteiger partial charge in [-0.2, -0.15) is 0 Å². The van der Waals surface area contributed by atoms with E-state index in [2.05, 4.69) is 10.0 Å². The fourth-order valence-corrected chi connectivity index (χ4v) is 4.11. The molecule has 4 rings (SSSR count). The largest absolute Gasteiger partial charge is 0.493 e. The standard InChI is InChI=1S/C25H23N3O5S/c1-32-23-13-8-16(14-24(23)33-2)22-15-20(19-6-4-5-7-21(19)27-22)25(29)26-17-9-11-18(12-10-17)28-34(3,30)31/h4-15,28H,1-3H3,(H,26,29). The number of para-hydroxylation sites is 1. The summed E-state index contributed by atoms with van der Waals surface area (Å²) in [6, 6.07) is 21.0. The van der Waals surface area contributed by atoms with Crippen molar-refractivity contribution in [2.45, 2.75) is 0 Å². The van der Waals surface area contributed by atoms with Gasteiger partial charge in [-0.3, -0.25) is 9.52 Å². The van der Waals surface area contributed by atoms with E-state index in [0.717, 1.165) is 11.8 Å². The van der Waals surface area contributed by atoms with Gasteiger partial charge in [0, 0.05) is 22.3 Å². The summed E-state index contributed by atoms with van der Waals surface area (Å²) in [7, 11) is -0.254. The average Bonchev–Trinajstić information content (AvgIpc) is 2.83. The first-order valence-electron chi connectivity index (χ1n) is 10.3. The van der Waals surface area contributed by atoms with Crippen molar-refractivity contribution in [1.82, 2.24) is 4.98 Å². The number of ether oxygens (including phenoxy) is 2. The van der Waals surface area contributed by atoms with Gasteiger partial charge in [0.2, 0.25) is 10.0 Å². The van der Waals surface area contributed by atoms with Crippen LogP contribution in [-0.2, 0) is 10.0 Å². The first kappa shape index (κ1) is 23.1. The van der Waals surface area contributed by atoms with Crippen molar-refractivity contribution >= 4 is 38.2 Å². The van der Waals surface area contributed by atoms with Gasteiger partial charge < -0.3 is 14.8 Å². The van der Waals surface area contributed by atoms with Crippen LogP contribution in [0.1, 0.15) is 10.4 Å². The Morgan fingerprint density at radius 3 is 2.21 bits per heavy atom. The number of pyridine rings is 1. The molecule has 0 aliphatic heterocycles. The van der Waals surface area contributed by atoms with Crippen molar-refractivity contribution < 1.29 is 22.7 Å². The van der Waals surface area contributed by atoms with Crippen molar-refractivity contribution in [3.05, 3.63) is 78.4 Å². The molecular weight excluding hydrogens is 454 g/mol. The molecule has 1 heterocycles. The lowest BCUT2D eigenvalue weighted by molar-refractivity contribution is 0.102. The lowest BCUT2D eigenvalue weighted by Gasteiger charge is -2.13. The number of nitrogens with one attached hydrogen (secondary N) is 2. The maximum atomic E-state index is 13.3. The predicted octanol–water partition coefficient (Wildman–Crippen LogP) is 4.54. The van der Waals surface area contributed by atoms with E-state index in [1.807, 2.05) is 36.4 Å². The minimum atomic E-state index is -3.38. The normalized spacial score (nSPS) is 11.1. The lowest BCUT2D eigenvalue weighted by atomic mass is 10.0. The molecule has 0 spiro atoms. The number of carbonyl (C=O) groups is 1. The second kappa shape index (κ2) is 9.40. The van der Waals surface area contributed by atoms with Crippen LogP contribution < -0.4 is 19.5 Å². The van der Waals surface area contributed by atoms with Gasteiger partial charge in [-0.05, 0) is 54.6 Å². The molecule has 3 aromatic carbocycles. The van der Waals surface area contributed by atoms with Crippen LogP contribution in [0.4, 0.5) is 11.4 Å². The highest BCUT2D eigenvalue weighted by molar-refractivity contribution is 7.92. The maximum absolute atomic E-state index is 13.3. The highest BCUT2D eigenvalue weighted by Gasteiger charge is 2.16. The third-order valence-corrected chi connectivity index (χ3v) is 5.69. The number of nitrogens with zero attached hydrogens (tertiary/aromatic N) is 1. The van der Waals surface area contributed by atoms with Crippen molar-refractivity contribution in [2.24, 2.45) is 0 Å². The van der Waals surface area contributed by atoms with Crippen LogP contribution in [0.15, 0.2) is 72.8 Å². The van der Waals surface area contributed by atoms with Crippen molar-refractivity contribution in [1.29, 1.82) is 0 Å². The van der Waals surface area contributed by atoms with Crippen molar-refractivity contribution in [3.63, 3.8) is 0 Å². The van der Waals surface area contributed by atoms with E-state index in [1.165, 1.54) is 0 Å². The Bertz CT molecular complexity index is 1470. The molecule has 0 aliphatic carbocycles. The molecule has 9 heteroatoms. The Kier molecular flexibility index (Phi) is 6.38. The zero-order chi connectivity index (χ0) is 24.3. The van der Waals surface area contributed by atoms with Gasteiger partial charge in [0.15, 0.2) is 11.5 Å². The maximum Gasteiger partial charge on any atom is 0.256 e. The molecule has 0 unspecified atom stereocenters. The average molecular weight is 478 g/mol. The van der Waals surface area contributed by atoms with Crippen LogP contribution in [-0.4, -0.2) is 39.8 Å². The molecule has 0 saturated heterocycles. The molecule has 174 valence electrons. The van der Waals surface area contributed by atoms with Gasteiger partial charge in [-0.25, -0.2) is 13.4 Å². The fraction of sp³-hybridized carbons (Fsp3) is 0.120. The van der Waals surface area contributed by atoms with Gasteiger partial charge in [0.05, 0.1) is 37.2 Å².